The van der Waals surface area contributed by atoms with E-state index in [0.29, 0.717) is 25.7 Å². The van der Waals surface area contributed by atoms with Crippen LogP contribution >= 0.6 is 0 Å². The number of hydrogen-bond donors (Lipinski definition) is 0. The van der Waals surface area contributed by atoms with Crippen LogP contribution in [-0.4, -0.2) is 11.7 Å². The maximum Gasteiger partial charge on any atom is 0.250 e. The van der Waals surface area contributed by atoms with Crippen molar-refractivity contribution in [3.05, 3.63) is 0 Å². The predicted molar refractivity (Wildman–Crippen MR) is 42.2 cm³/mol. The third kappa shape index (κ3) is 2.26. The lowest BCUT2D eigenvalue weighted by Crippen LogP contribution is -2.21. The molecular weight excluding hydrogens is 162 g/mol. The summed E-state index contributed by atoms with van der Waals surface area (Å²) in [4.78, 5) is 10.6. The van der Waals surface area contributed by atoms with E-state index >= 15 is 0 Å². The van der Waals surface area contributed by atoms with Crippen molar-refractivity contribution in [1.29, 1.82) is 0 Å². The molecule has 0 saturated heterocycles. The Bertz CT molecular complexity index is 177. The van der Waals surface area contributed by atoms with Gasteiger partial charge in [0.25, 0.3) is 5.92 Å². The largest absolute Gasteiger partial charge is 0.300 e. The summed E-state index contributed by atoms with van der Waals surface area (Å²) >= 11 is 0. The number of rotatable bonds is 3. The van der Waals surface area contributed by atoms with E-state index in [9.17, 15) is 13.6 Å². The Labute approximate surface area is 71.1 Å². The summed E-state index contributed by atoms with van der Waals surface area (Å²) in [5.41, 5.74) is 0. The van der Waals surface area contributed by atoms with Gasteiger partial charge in [-0.25, -0.2) is 8.78 Å². The minimum atomic E-state index is -2.50. The van der Waals surface area contributed by atoms with Gasteiger partial charge in [-0.3, -0.25) is 0 Å². The summed E-state index contributed by atoms with van der Waals surface area (Å²) in [5, 5.41) is 0. The van der Waals surface area contributed by atoms with Crippen LogP contribution in [0.5, 0.6) is 0 Å². The lowest BCUT2D eigenvalue weighted by molar-refractivity contribution is -0.117. The van der Waals surface area contributed by atoms with Crippen molar-refractivity contribution in [3.63, 3.8) is 0 Å². The molecule has 0 bridgehead atoms. The minimum absolute atomic E-state index is 0.00950. The van der Waals surface area contributed by atoms with Gasteiger partial charge < -0.3 is 4.79 Å². The van der Waals surface area contributed by atoms with Crippen LogP contribution in [0.4, 0.5) is 8.78 Å². The van der Waals surface area contributed by atoms with E-state index in [4.69, 9.17) is 0 Å². The topological polar surface area (TPSA) is 17.1 Å². The molecule has 1 unspecified atom stereocenters. The highest BCUT2D eigenvalue weighted by Crippen LogP contribution is 2.42. The molecule has 12 heavy (non-hydrogen) atoms. The number of hydrogen-bond acceptors (Lipinski definition) is 1. The van der Waals surface area contributed by atoms with Gasteiger partial charge in [0.2, 0.25) is 0 Å². The molecule has 0 radical (unpaired) electrons. The highest BCUT2D eigenvalue weighted by Gasteiger charge is 2.43. The summed E-state index contributed by atoms with van der Waals surface area (Å²) in [6, 6.07) is 0. The SMILES string of the molecule is CC(=O)CCC1CCCC1(F)F. The molecule has 0 aromatic carbocycles. The molecular formula is C9H14F2O. The second-order valence-corrected chi connectivity index (χ2v) is 3.59. The smallest absolute Gasteiger partial charge is 0.250 e. The fraction of sp³-hybridized carbons (Fsp3) is 0.889. The predicted octanol–water partition coefficient (Wildman–Crippen LogP) is 2.79. The molecule has 70 valence electrons. The molecule has 3 heteroatoms. The first-order valence-corrected chi connectivity index (χ1v) is 4.39. The molecule has 1 atom stereocenters. The molecule has 0 amide bonds. The van der Waals surface area contributed by atoms with Gasteiger partial charge in [-0.1, -0.05) is 0 Å². The fourth-order valence-electron chi connectivity index (χ4n) is 1.73. The quantitative estimate of drug-likeness (QED) is 0.646. The maximum atomic E-state index is 12.9. The van der Waals surface area contributed by atoms with Crippen molar-refractivity contribution in [2.24, 2.45) is 5.92 Å². The standard InChI is InChI=1S/C9H14F2O/c1-7(12)4-5-8-3-2-6-9(8,10)11/h8H,2-6H2,1H3. The lowest BCUT2D eigenvalue weighted by Gasteiger charge is -2.17. The Balaban J connectivity index is 2.36. The first kappa shape index (κ1) is 9.62. The molecule has 0 heterocycles. The molecule has 1 aliphatic rings. The Kier molecular flexibility index (Phi) is 2.80. The molecule has 0 aliphatic heterocycles. The Morgan fingerprint density at radius 3 is 2.67 bits per heavy atom. The normalized spacial score (nSPS) is 27.4. The van der Waals surface area contributed by atoms with Gasteiger partial charge in [-0.15, -0.1) is 0 Å². The van der Waals surface area contributed by atoms with E-state index in [0.717, 1.165) is 0 Å². The Hall–Kier alpha value is -0.470. The van der Waals surface area contributed by atoms with E-state index < -0.39 is 11.8 Å². The highest BCUT2D eigenvalue weighted by molar-refractivity contribution is 5.75. The van der Waals surface area contributed by atoms with Crippen molar-refractivity contribution in [2.75, 3.05) is 0 Å². The number of Topliss-reactive ketones (excluding diaryl/α,β-unsaturated/α-hetero) is 1. The van der Waals surface area contributed by atoms with Gasteiger partial charge in [0, 0.05) is 18.8 Å². The fourth-order valence-corrected chi connectivity index (χ4v) is 1.73. The monoisotopic (exact) mass is 176 g/mol. The zero-order chi connectivity index (χ0) is 9.19. The van der Waals surface area contributed by atoms with E-state index in [-0.39, 0.29) is 12.2 Å². The zero-order valence-electron chi connectivity index (χ0n) is 7.28. The number of ketones is 1. The van der Waals surface area contributed by atoms with Gasteiger partial charge >= 0.3 is 0 Å². The van der Waals surface area contributed by atoms with Crippen LogP contribution in [0.2, 0.25) is 0 Å². The second kappa shape index (κ2) is 3.50. The van der Waals surface area contributed by atoms with E-state index in [1.165, 1.54) is 6.92 Å². The lowest BCUT2D eigenvalue weighted by atomic mass is 9.98. The molecule has 0 aromatic rings. The van der Waals surface area contributed by atoms with Crippen LogP contribution in [0.25, 0.3) is 0 Å². The number of alkyl halides is 2. The zero-order valence-corrected chi connectivity index (χ0v) is 7.28. The van der Waals surface area contributed by atoms with Crippen LogP contribution < -0.4 is 0 Å². The van der Waals surface area contributed by atoms with E-state index in [1.807, 2.05) is 0 Å². The molecule has 1 fully saturated rings. The summed E-state index contributed by atoms with van der Waals surface area (Å²) in [6.45, 7) is 1.45. The third-order valence-electron chi connectivity index (χ3n) is 2.50. The van der Waals surface area contributed by atoms with Crippen LogP contribution in [-0.2, 0) is 4.79 Å². The van der Waals surface area contributed by atoms with Gasteiger partial charge in [-0.2, -0.15) is 0 Å². The second-order valence-electron chi connectivity index (χ2n) is 3.59. The molecule has 0 N–H and O–H groups in total. The Morgan fingerprint density at radius 2 is 2.25 bits per heavy atom. The Morgan fingerprint density at radius 1 is 1.58 bits per heavy atom. The van der Waals surface area contributed by atoms with Crippen LogP contribution in [0.3, 0.4) is 0 Å². The molecule has 1 nitrogen and oxygen atoms in total. The van der Waals surface area contributed by atoms with Crippen LogP contribution in [0.1, 0.15) is 39.0 Å². The first-order valence-electron chi connectivity index (χ1n) is 4.39. The highest BCUT2D eigenvalue weighted by atomic mass is 19.3. The van der Waals surface area contributed by atoms with E-state index in [1.54, 1.807) is 0 Å². The van der Waals surface area contributed by atoms with E-state index in [2.05, 4.69) is 0 Å². The average Bonchev–Trinajstić information content (AvgIpc) is 2.25. The van der Waals surface area contributed by atoms with Gasteiger partial charge in [-0.05, 0) is 26.2 Å². The number of halogens is 2. The molecule has 0 spiro atoms. The average molecular weight is 176 g/mol. The minimum Gasteiger partial charge on any atom is -0.300 e. The van der Waals surface area contributed by atoms with Gasteiger partial charge in [0.05, 0.1) is 0 Å². The van der Waals surface area contributed by atoms with Crippen molar-refractivity contribution in [3.8, 4) is 0 Å². The summed E-state index contributed by atoms with van der Waals surface area (Å²) in [7, 11) is 0. The molecule has 1 rings (SSSR count). The maximum absolute atomic E-state index is 12.9. The number of carbonyl (C=O) groups excluding carboxylic acids is 1. The van der Waals surface area contributed by atoms with Gasteiger partial charge in [0.15, 0.2) is 0 Å². The molecule has 0 aromatic heterocycles. The first-order chi connectivity index (χ1) is 5.52. The van der Waals surface area contributed by atoms with Crippen LogP contribution in [0.15, 0.2) is 0 Å². The van der Waals surface area contributed by atoms with Crippen molar-refractivity contribution in [2.45, 2.75) is 45.0 Å². The molecule has 1 saturated carbocycles. The van der Waals surface area contributed by atoms with Crippen molar-refractivity contribution >= 4 is 5.78 Å². The summed E-state index contributed by atoms with van der Waals surface area (Å²) in [6.07, 6.45) is 1.87. The van der Waals surface area contributed by atoms with Crippen molar-refractivity contribution in [1.82, 2.24) is 0 Å². The van der Waals surface area contributed by atoms with Crippen molar-refractivity contribution < 1.29 is 13.6 Å². The third-order valence-corrected chi connectivity index (χ3v) is 2.50. The number of carbonyl (C=O) groups is 1. The van der Waals surface area contributed by atoms with Crippen LogP contribution in [0, 0.1) is 5.92 Å². The van der Waals surface area contributed by atoms with Gasteiger partial charge in [0.1, 0.15) is 5.78 Å². The molecule has 1 aliphatic carbocycles. The summed E-state index contributed by atoms with van der Waals surface area (Å²) in [5.74, 6) is -3.03. The summed E-state index contributed by atoms with van der Waals surface area (Å²) < 4.78 is 25.9.